The van der Waals surface area contributed by atoms with E-state index < -0.39 is 22.9 Å². The number of hydrogen-bond acceptors (Lipinski definition) is 0. The molecule has 0 spiro atoms. The monoisotopic (exact) mass is 438 g/mol. The Morgan fingerprint density at radius 3 is 1.65 bits per heavy atom. The number of hydrogen-bond donors (Lipinski definition) is 0. The van der Waals surface area contributed by atoms with Crippen LogP contribution in [0.1, 0.15) is 39.5 Å². The van der Waals surface area contributed by atoms with Crippen LogP contribution in [0.4, 0.5) is 0 Å². The molecule has 0 heterocycles. The van der Waals surface area contributed by atoms with E-state index in [-0.39, 0.29) is 24.8 Å². The smallest absolute Gasteiger partial charge is 0.147 e. The number of halogens is 2. The van der Waals surface area contributed by atoms with E-state index in [0.29, 0.717) is 0 Å². The molecule has 0 saturated carbocycles. The van der Waals surface area contributed by atoms with Gasteiger partial charge >= 0.3 is 105 Å². The van der Waals surface area contributed by atoms with E-state index in [9.17, 15) is 0 Å². The zero-order valence-electron chi connectivity index (χ0n) is 10.5. The predicted octanol–water partition coefficient (Wildman–Crippen LogP) is 5.16. The van der Waals surface area contributed by atoms with Crippen LogP contribution in [0, 0.1) is 0 Å². The normalized spacial score (nSPS) is 17.3. The van der Waals surface area contributed by atoms with Crippen molar-refractivity contribution in [2.24, 2.45) is 0 Å². The van der Waals surface area contributed by atoms with Crippen LogP contribution in [0.25, 0.3) is 0 Å². The Bertz CT molecular complexity index is 340. The van der Waals surface area contributed by atoms with Gasteiger partial charge in [-0.05, 0) is 0 Å². The Balaban J connectivity index is 0.00000128. The van der Waals surface area contributed by atoms with Gasteiger partial charge in [0.2, 0.25) is 0 Å². The van der Waals surface area contributed by atoms with E-state index in [1.807, 2.05) is 6.66 Å². The molecule has 3 heteroatoms. The van der Waals surface area contributed by atoms with E-state index in [2.05, 4.69) is 38.2 Å². The van der Waals surface area contributed by atoms with Crippen molar-refractivity contribution in [3.63, 3.8) is 0 Å². The predicted molar refractivity (Wildman–Crippen MR) is 76.6 cm³/mol. The third-order valence-corrected chi connectivity index (χ3v) is 9.06. The summed E-state index contributed by atoms with van der Waals surface area (Å²) in [4.78, 5) is 0. The summed E-state index contributed by atoms with van der Waals surface area (Å²) in [6.07, 6.45) is 14.4. The molecule has 0 N–H and O–H groups in total. The number of allylic oxidation sites excluding steroid dienone is 8. The van der Waals surface area contributed by atoms with Gasteiger partial charge in [-0.2, -0.15) is 0 Å². The van der Waals surface area contributed by atoms with Gasteiger partial charge in [0, 0.05) is 0 Å². The van der Waals surface area contributed by atoms with Gasteiger partial charge in [0.1, 0.15) is 0 Å². The van der Waals surface area contributed by atoms with Gasteiger partial charge in [0.05, 0.1) is 0 Å². The maximum absolute atomic E-state index is 2.36. The Morgan fingerprint density at radius 1 is 0.882 bits per heavy atom. The van der Waals surface area contributed by atoms with Gasteiger partial charge in [0.25, 0.3) is 0 Å². The fourth-order valence-electron chi connectivity index (χ4n) is 2.21. The molecule has 0 aromatic carbocycles. The average Bonchev–Trinajstić information content (AvgIpc) is 2.87. The van der Waals surface area contributed by atoms with E-state index in [0.717, 1.165) is 0 Å². The van der Waals surface area contributed by atoms with Gasteiger partial charge < -0.3 is 0 Å². The average molecular weight is 438 g/mol. The molecule has 0 aliphatic heterocycles. The molecule has 17 heavy (non-hydrogen) atoms. The van der Waals surface area contributed by atoms with Crippen LogP contribution >= 0.6 is 24.8 Å². The molecule has 0 saturated heterocycles. The van der Waals surface area contributed by atoms with Gasteiger partial charge in [0.15, 0.2) is 0 Å². The molecule has 2 aliphatic rings. The SMILES string of the molecule is CCC1=[C]([Hf][C]2=C(CC)C=CC2)CC=C1.Cl.Cl. The standard InChI is InChI=1S/2C7H9.2ClH.Hf/c2*1-2-7-5-3-4-6-7;;;/h2*3,5H,2,4H2,1H3;2*1H;. The van der Waals surface area contributed by atoms with Gasteiger partial charge in [-0.25, -0.2) is 0 Å². The molecule has 94 valence electrons. The molecule has 0 atom stereocenters. The second-order valence-electron chi connectivity index (χ2n) is 4.05. The Labute approximate surface area is 129 Å². The minimum Gasteiger partial charge on any atom is -0.147 e. The summed E-state index contributed by atoms with van der Waals surface area (Å²) in [5, 5.41) is 0. The van der Waals surface area contributed by atoms with Crippen LogP contribution in [0.2, 0.25) is 0 Å². The molecular weight excluding hydrogens is 418 g/mol. The van der Waals surface area contributed by atoms with Crippen molar-refractivity contribution in [1.29, 1.82) is 0 Å². The van der Waals surface area contributed by atoms with Crippen molar-refractivity contribution in [3.8, 4) is 0 Å². The quantitative estimate of drug-likeness (QED) is 0.533. The first kappa shape index (κ1) is 17.4. The van der Waals surface area contributed by atoms with Gasteiger partial charge in [-0.1, -0.05) is 0 Å². The summed E-state index contributed by atoms with van der Waals surface area (Å²) < 4.78 is 3.70. The topological polar surface area (TPSA) is 0 Å². The van der Waals surface area contributed by atoms with Crippen LogP contribution in [-0.2, 0) is 22.9 Å². The fraction of sp³-hybridized carbons (Fsp3) is 0.429. The molecular formula is C14H20Cl2Hf. The molecule has 2 rings (SSSR count). The van der Waals surface area contributed by atoms with E-state index >= 15 is 0 Å². The minimum absolute atomic E-state index is 0. The van der Waals surface area contributed by atoms with Crippen molar-refractivity contribution >= 4 is 24.8 Å². The van der Waals surface area contributed by atoms with Crippen LogP contribution in [0.5, 0.6) is 0 Å². The van der Waals surface area contributed by atoms with E-state index in [1.165, 1.54) is 25.7 Å². The molecule has 0 bridgehead atoms. The maximum Gasteiger partial charge on any atom is -0.147 e. The van der Waals surface area contributed by atoms with E-state index in [4.69, 9.17) is 0 Å². The fourth-order valence-corrected chi connectivity index (χ4v) is 8.12. The van der Waals surface area contributed by atoms with Crippen molar-refractivity contribution in [2.75, 3.05) is 0 Å². The Morgan fingerprint density at radius 2 is 1.29 bits per heavy atom. The summed E-state index contributed by atoms with van der Waals surface area (Å²) in [7, 11) is 0. The zero-order chi connectivity index (χ0) is 10.7. The Hall–Kier alpha value is 0.410. The molecule has 0 aromatic heterocycles. The summed E-state index contributed by atoms with van der Waals surface area (Å²) in [6.45, 7) is 4.58. The maximum atomic E-state index is 2.36. The first-order chi connectivity index (χ1) is 7.35. The molecule has 0 fully saturated rings. The number of rotatable bonds is 4. The Kier molecular flexibility index (Phi) is 8.71. The third kappa shape index (κ3) is 4.22. The molecule has 0 aromatic rings. The third-order valence-electron chi connectivity index (χ3n) is 3.12. The summed E-state index contributed by atoms with van der Waals surface area (Å²) in [5.41, 5.74) is 3.32. The van der Waals surface area contributed by atoms with Crippen molar-refractivity contribution in [3.05, 3.63) is 42.1 Å². The molecule has 0 unspecified atom stereocenters. The molecule has 0 radical (unpaired) electrons. The first-order valence-corrected chi connectivity index (χ1v) is 9.48. The van der Waals surface area contributed by atoms with Crippen LogP contribution < -0.4 is 0 Å². The van der Waals surface area contributed by atoms with Gasteiger partial charge in [-0.3, -0.25) is 0 Å². The van der Waals surface area contributed by atoms with E-state index in [1.54, 1.807) is 11.1 Å². The first-order valence-electron chi connectivity index (χ1n) is 5.89. The van der Waals surface area contributed by atoms with Crippen molar-refractivity contribution in [1.82, 2.24) is 0 Å². The zero-order valence-corrected chi connectivity index (χ0v) is 15.7. The second-order valence-corrected chi connectivity index (χ2v) is 9.29. The van der Waals surface area contributed by atoms with Crippen molar-refractivity contribution < 1.29 is 22.9 Å². The van der Waals surface area contributed by atoms with Crippen molar-refractivity contribution in [2.45, 2.75) is 39.5 Å². The molecule has 2 aliphatic carbocycles. The van der Waals surface area contributed by atoms with Crippen LogP contribution in [0.15, 0.2) is 42.1 Å². The summed E-state index contributed by atoms with van der Waals surface area (Å²) in [5.74, 6) is 0. The van der Waals surface area contributed by atoms with Crippen LogP contribution in [0.3, 0.4) is 0 Å². The molecule has 0 amide bonds. The summed E-state index contributed by atoms with van der Waals surface area (Å²) >= 11 is -0.652. The van der Waals surface area contributed by atoms with Gasteiger partial charge in [-0.15, -0.1) is 24.8 Å². The minimum atomic E-state index is -0.652. The molecule has 0 nitrogen and oxygen atoms in total. The second kappa shape index (κ2) is 8.50. The van der Waals surface area contributed by atoms with Crippen LogP contribution in [-0.4, -0.2) is 0 Å². The summed E-state index contributed by atoms with van der Waals surface area (Å²) in [6, 6.07) is 0. The largest absolute Gasteiger partial charge is 0.147 e.